The molecular formula is C16H16Cl2N2. The topological polar surface area (TPSA) is 16.1 Å². The van der Waals surface area contributed by atoms with Crippen LogP contribution in [0.2, 0.25) is 5.02 Å². The second-order valence-corrected chi connectivity index (χ2v) is 5.64. The normalized spacial score (nSPS) is 14.8. The molecule has 0 unspecified atom stereocenters. The van der Waals surface area contributed by atoms with Crippen molar-refractivity contribution in [2.45, 2.75) is 25.1 Å². The van der Waals surface area contributed by atoms with E-state index in [1.54, 1.807) is 0 Å². The van der Waals surface area contributed by atoms with Gasteiger partial charge in [0.2, 0.25) is 0 Å². The number of benzene rings is 1. The molecule has 0 N–H and O–H groups in total. The molecule has 0 fully saturated rings. The molecule has 2 heterocycles. The SMILES string of the molecule is ClCc1nc(N2CCCCc3ccccc32)ccc1Cl. The van der Waals surface area contributed by atoms with Gasteiger partial charge in [-0.2, -0.15) is 0 Å². The lowest BCUT2D eigenvalue weighted by atomic mass is 10.1. The number of rotatable bonds is 2. The average molecular weight is 307 g/mol. The molecule has 2 nitrogen and oxygen atoms in total. The van der Waals surface area contributed by atoms with E-state index in [-0.39, 0.29) is 0 Å². The number of alkyl halides is 1. The van der Waals surface area contributed by atoms with E-state index in [2.05, 4.69) is 34.1 Å². The quantitative estimate of drug-likeness (QED) is 0.730. The first kappa shape index (κ1) is 13.7. The molecule has 20 heavy (non-hydrogen) atoms. The first-order valence-corrected chi connectivity index (χ1v) is 7.77. The Hall–Kier alpha value is -1.25. The van der Waals surface area contributed by atoms with Gasteiger partial charge < -0.3 is 4.90 Å². The molecule has 0 bridgehead atoms. The van der Waals surface area contributed by atoms with Gasteiger partial charge in [0.25, 0.3) is 0 Å². The van der Waals surface area contributed by atoms with Crippen molar-refractivity contribution in [1.82, 2.24) is 4.98 Å². The number of aromatic nitrogens is 1. The van der Waals surface area contributed by atoms with Crippen molar-refractivity contribution in [1.29, 1.82) is 0 Å². The monoisotopic (exact) mass is 306 g/mol. The Balaban J connectivity index is 2.05. The number of aryl methyl sites for hydroxylation is 1. The van der Waals surface area contributed by atoms with E-state index < -0.39 is 0 Å². The van der Waals surface area contributed by atoms with E-state index in [0.717, 1.165) is 30.9 Å². The third-order valence-corrected chi connectivity index (χ3v) is 4.26. The maximum Gasteiger partial charge on any atom is 0.133 e. The third-order valence-electron chi connectivity index (χ3n) is 3.67. The second-order valence-electron chi connectivity index (χ2n) is 4.97. The molecule has 0 atom stereocenters. The van der Waals surface area contributed by atoms with E-state index in [9.17, 15) is 0 Å². The summed E-state index contributed by atoms with van der Waals surface area (Å²) in [5.41, 5.74) is 3.38. The molecule has 0 spiro atoms. The summed E-state index contributed by atoms with van der Waals surface area (Å²) in [6.07, 6.45) is 3.50. The Morgan fingerprint density at radius 3 is 2.80 bits per heavy atom. The Bertz CT molecular complexity index is 613. The fourth-order valence-corrected chi connectivity index (χ4v) is 3.09. The summed E-state index contributed by atoms with van der Waals surface area (Å²) in [5.74, 6) is 1.27. The standard InChI is InChI=1S/C16H16Cl2N2/c17-11-14-13(18)8-9-16(19-14)20-10-4-3-6-12-5-1-2-7-15(12)20/h1-2,5,7-9H,3-4,6,10-11H2. The van der Waals surface area contributed by atoms with Gasteiger partial charge in [0, 0.05) is 12.2 Å². The van der Waals surface area contributed by atoms with Crippen molar-refractivity contribution in [3.63, 3.8) is 0 Å². The average Bonchev–Trinajstić information content (AvgIpc) is 2.70. The van der Waals surface area contributed by atoms with E-state index in [1.165, 1.54) is 17.7 Å². The van der Waals surface area contributed by atoms with Crippen LogP contribution in [0.3, 0.4) is 0 Å². The summed E-state index contributed by atoms with van der Waals surface area (Å²) >= 11 is 12.0. The largest absolute Gasteiger partial charge is 0.326 e. The van der Waals surface area contributed by atoms with Crippen LogP contribution in [0.25, 0.3) is 0 Å². The molecule has 0 radical (unpaired) electrons. The van der Waals surface area contributed by atoms with Crippen LogP contribution in [0, 0.1) is 0 Å². The zero-order valence-electron chi connectivity index (χ0n) is 11.1. The van der Waals surface area contributed by atoms with Crippen molar-refractivity contribution in [3.8, 4) is 0 Å². The van der Waals surface area contributed by atoms with Gasteiger partial charge in [-0.05, 0) is 43.0 Å². The maximum absolute atomic E-state index is 6.10. The second kappa shape index (κ2) is 6.02. The zero-order chi connectivity index (χ0) is 13.9. The number of hydrogen-bond donors (Lipinski definition) is 0. The van der Waals surface area contributed by atoms with E-state index in [0.29, 0.717) is 10.9 Å². The molecule has 1 aromatic heterocycles. The van der Waals surface area contributed by atoms with Crippen molar-refractivity contribution >= 4 is 34.7 Å². The van der Waals surface area contributed by atoms with Crippen LogP contribution in [-0.4, -0.2) is 11.5 Å². The Morgan fingerprint density at radius 2 is 1.95 bits per heavy atom. The molecule has 0 saturated heterocycles. The minimum absolute atomic E-state index is 0.335. The van der Waals surface area contributed by atoms with Gasteiger partial charge in [0.1, 0.15) is 5.82 Å². The van der Waals surface area contributed by atoms with Gasteiger partial charge in [0.05, 0.1) is 16.6 Å². The summed E-state index contributed by atoms with van der Waals surface area (Å²) in [5, 5.41) is 0.631. The lowest BCUT2D eigenvalue weighted by molar-refractivity contribution is 0.757. The number of pyridine rings is 1. The Morgan fingerprint density at radius 1 is 1.10 bits per heavy atom. The van der Waals surface area contributed by atoms with Crippen molar-refractivity contribution in [2.24, 2.45) is 0 Å². The number of fused-ring (bicyclic) bond motifs is 1. The molecular weight excluding hydrogens is 291 g/mol. The van der Waals surface area contributed by atoms with Crippen LogP contribution in [0.4, 0.5) is 11.5 Å². The smallest absolute Gasteiger partial charge is 0.133 e. The minimum Gasteiger partial charge on any atom is -0.326 e. The summed E-state index contributed by atoms with van der Waals surface area (Å²) in [6.45, 7) is 0.980. The summed E-state index contributed by atoms with van der Waals surface area (Å²) in [4.78, 5) is 6.89. The molecule has 1 aliphatic rings. The Labute approximate surface area is 129 Å². The molecule has 0 aliphatic carbocycles. The number of nitrogens with zero attached hydrogens (tertiary/aromatic N) is 2. The van der Waals surface area contributed by atoms with Gasteiger partial charge in [-0.25, -0.2) is 4.98 Å². The Kier molecular flexibility index (Phi) is 4.13. The highest BCUT2D eigenvalue weighted by Crippen LogP contribution is 2.32. The van der Waals surface area contributed by atoms with Crippen LogP contribution >= 0.6 is 23.2 Å². The van der Waals surface area contributed by atoms with Gasteiger partial charge in [-0.1, -0.05) is 29.8 Å². The number of anilines is 2. The molecule has 0 saturated carbocycles. The maximum atomic E-state index is 6.10. The summed E-state index contributed by atoms with van der Waals surface area (Å²) < 4.78 is 0. The molecule has 4 heteroatoms. The van der Waals surface area contributed by atoms with Crippen LogP contribution in [0.5, 0.6) is 0 Å². The predicted octanol–water partition coefficient (Wildman–Crippen LogP) is 4.95. The highest BCUT2D eigenvalue weighted by Gasteiger charge is 2.18. The molecule has 2 aromatic rings. The van der Waals surface area contributed by atoms with Gasteiger partial charge in [-0.3, -0.25) is 0 Å². The predicted molar refractivity (Wildman–Crippen MR) is 85.2 cm³/mol. The van der Waals surface area contributed by atoms with Crippen LogP contribution in [0.1, 0.15) is 24.1 Å². The van der Waals surface area contributed by atoms with Crippen molar-refractivity contribution < 1.29 is 0 Å². The van der Waals surface area contributed by atoms with Crippen molar-refractivity contribution in [3.05, 3.63) is 52.7 Å². The van der Waals surface area contributed by atoms with Crippen molar-refractivity contribution in [2.75, 3.05) is 11.4 Å². The van der Waals surface area contributed by atoms with Gasteiger partial charge in [-0.15, -0.1) is 11.6 Å². The van der Waals surface area contributed by atoms with Gasteiger partial charge in [0.15, 0.2) is 0 Å². The van der Waals surface area contributed by atoms with Crippen LogP contribution < -0.4 is 4.90 Å². The lowest BCUT2D eigenvalue weighted by Gasteiger charge is -2.24. The molecule has 3 rings (SSSR count). The highest BCUT2D eigenvalue weighted by molar-refractivity contribution is 6.32. The van der Waals surface area contributed by atoms with Crippen LogP contribution in [-0.2, 0) is 12.3 Å². The lowest BCUT2D eigenvalue weighted by Crippen LogP contribution is -2.19. The number of halogens is 2. The zero-order valence-corrected chi connectivity index (χ0v) is 12.7. The first-order chi connectivity index (χ1) is 9.79. The fraction of sp³-hybridized carbons (Fsp3) is 0.312. The number of hydrogen-bond acceptors (Lipinski definition) is 2. The van der Waals surface area contributed by atoms with E-state index >= 15 is 0 Å². The number of para-hydroxylation sites is 1. The summed E-state index contributed by atoms with van der Waals surface area (Å²) in [7, 11) is 0. The summed E-state index contributed by atoms with van der Waals surface area (Å²) in [6, 6.07) is 12.4. The van der Waals surface area contributed by atoms with Gasteiger partial charge >= 0.3 is 0 Å². The fourth-order valence-electron chi connectivity index (χ4n) is 2.65. The van der Waals surface area contributed by atoms with E-state index in [4.69, 9.17) is 23.2 Å². The first-order valence-electron chi connectivity index (χ1n) is 6.86. The molecule has 0 amide bonds. The minimum atomic E-state index is 0.335. The third kappa shape index (κ3) is 2.63. The molecule has 1 aliphatic heterocycles. The molecule has 1 aromatic carbocycles. The van der Waals surface area contributed by atoms with Crippen LogP contribution in [0.15, 0.2) is 36.4 Å². The molecule has 104 valence electrons. The highest BCUT2D eigenvalue weighted by atomic mass is 35.5. The van der Waals surface area contributed by atoms with E-state index in [1.807, 2.05) is 12.1 Å².